The van der Waals surface area contributed by atoms with Crippen LogP contribution in [0.3, 0.4) is 0 Å². The molecule has 0 N–H and O–H groups in total. The predicted octanol–water partition coefficient (Wildman–Crippen LogP) is 3.75. The van der Waals surface area contributed by atoms with Crippen LogP contribution < -0.4 is 0 Å². The predicted molar refractivity (Wildman–Crippen MR) is 52.3 cm³/mol. The minimum atomic E-state index is -4.28. The Balaban J connectivity index is 2.82. The molecule has 1 aromatic carbocycles. The van der Waals surface area contributed by atoms with Gasteiger partial charge in [-0.2, -0.15) is 18.4 Å². The van der Waals surface area contributed by atoms with Crippen molar-refractivity contribution in [3.05, 3.63) is 29.8 Å². The van der Waals surface area contributed by atoms with Gasteiger partial charge in [0.25, 0.3) is 0 Å². The molecule has 0 fully saturated rings. The van der Waals surface area contributed by atoms with Crippen LogP contribution in [0.25, 0.3) is 0 Å². The molecule has 0 heterocycles. The lowest BCUT2D eigenvalue weighted by molar-refractivity contribution is -0.0328. The molecule has 0 aromatic heterocycles. The summed E-state index contributed by atoms with van der Waals surface area (Å²) in [6.45, 7) is 0. The molecule has 0 radical (unpaired) electrons. The molecular weight excluding hydrogens is 223 g/mol. The fourth-order valence-corrected chi connectivity index (χ4v) is 1.82. The van der Waals surface area contributed by atoms with Crippen molar-refractivity contribution in [3.8, 4) is 6.07 Å². The zero-order valence-electron chi connectivity index (χ0n) is 7.71. The van der Waals surface area contributed by atoms with Gasteiger partial charge in [-0.05, 0) is 29.8 Å². The number of aryl methyl sites for hydroxylation is 1. The molecule has 0 spiro atoms. The summed E-state index contributed by atoms with van der Waals surface area (Å²) in [5.74, 6) is 0. The van der Waals surface area contributed by atoms with Crippen LogP contribution in [0, 0.1) is 11.3 Å². The van der Waals surface area contributed by atoms with E-state index in [-0.39, 0.29) is 23.1 Å². The second-order valence-corrected chi connectivity index (χ2v) is 3.92. The molecule has 5 heteroatoms. The van der Waals surface area contributed by atoms with Crippen molar-refractivity contribution >= 4 is 11.8 Å². The average Bonchev–Trinajstić information content (AvgIpc) is 2.14. The van der Waals surface area contributed by atoms with E-state index >= 15 is 0 Å². The van der Waals surface area contributed by atoms with E-state index in [0.29, 0.717) is 12.0 Å². The minimum absolute atomic E-state index is 0.132. The van der Waals surface area contributed by atoms with Gasteiger partial charge in [-0.3, -0.25) is 0 Å². The molecule has 0 atom stereocenters. The second-order valence-electron chi connectivity index (χ2n) is 2.81. The van der Waals surface area contributed by atoms with Gasteiger partial charge < -0.3 is 0 Å². The van der Waals surface area contributed by atoms with Gasteiger partial charge in [-0.15, -0.1) is 0 Å². The maximum Gasteiger partial charge on any atom is 0.446 e. The third-order valence-corrected chi connectivity index (χ3v) is 2.55. The average molecular weight is 231 g/mol. The summed E-state index contributed by atoms with van der Waals surface area (Å²) in [7, 11) is 0. The van der Waals surface area contributed by atoms with Crippen LogP contribution in [0.4, 0.5) is 13.2 Å². The van der Waals surface area contributed by atoms with Gasteiger partial charge in [0.05, 0.1) is 6.07 Å². The van der Waals surface area contributed by atoms with Gasteiger partial charge in [0.15, 0.2) is 0 Å². The van der Waals surface area contributed by atoms with Crippen molar-refractivity contribution < 1.29 is 13.2 Å². The molecule has 0 bridgehead atoms. The topological polar surface area (TPSA) is 23.8 Å². The van der Waals surface area contributed by atoms with Crippen molar-refractivity contribution in [1.29, 1.82) is 5.26 Å². The number of nitriles is 1. The highest BCUT2D eigenvalue weighted by Gasteiger charge is 2.30. The number of hydrogen-bond acceptors (Lipinski definition) is 2. The summed E-state index contributed by atoms with van der Waals surface area (Å²) in [5, 5.41) is 8.37. The molecule has 0 aliphatic rings. The van der Waals surface area contributed by atoms with Crippen molar-refractivity contribution in [2.45, 2.75) is 23.2 Å². The number of halogens is 3. The number of benzene rings is 1. The Kier molecular flexibility index (Phi) is 4.04. The highest BCUT2D eigenvalue weighted by molar-refractivity contribution is 8.00. The molecular formula is C10H8F3NS. The number of hydrogen-bond donors (Lipinski definition) is 0. The van der Waals surface area contributed by atoms with E-state index < -0.39 is 5.51 Å². The standard InChI is InChI=1S/C10H8F3NS/c11-10(12,13)15-9-6-2-1-4-8(9)5-3-7-14/h1-2,4,6H,3,5H2. The third kappa shape index (κ3) is 4.26. The van der Waals surface area contributed by atoms with Gasteiger partial charge in [-0.1, -0.05) is 18.2 Å². The zero-order valence-corrected chi connectivity index (χ0v) is 8.53. The lowest BCUT2D eigenvalue weighted by Crippen LogP contribution is -2.01. The Bertz CT molecular complexity index is 368. The number of alkyl halides is 3. The third-order valence-electron chi connectivity index (χ3n) is 1.70. The molecule has 0 aliphatic heterocycles. The highest BCUT2D eigenvalue weighted by atomic mass is 32.2. The van der Waals surface area contributed by atoms with E-state index in [4.69, 9.17) is 5.26 Å². The summed E-state index contributed by atoms with van der Waals surface area (Å²) in [6, 6.07) is 8.19. The van der Waals surface area contributed by atoms with Crippen LogP contribution in [-0.2, 0) is 6.42 Å². The first-order chi connectivity index (χ1) is 7.03. The van der Waals surface area contributed by atoms with E-state index in [0.717, 1.165) is 0 Å². The maximum absolute atomic E-state index is 12.1. The Morgan fingerprint density at radius 3 is 2.53 bits per heavy atom. The monoisotopic (exact) mass is 231 g/mol. The maximum atomic E-state index is 12.1. The molecule has 0 amide bonds. The summed E-state index contributed by atoms with van der Waals surface area (Å²) in [5.41, 5.74) is -3.70. The number of rotatable bonds is 3. The van der Waals surface area contributed by atoms with Crippen LogP contribution in [0.2, 0.25) is 0 Å². The van der Waals surface area contributed by atoms with E-state index in [1.54, 1.807) is 18.2 Å². The molecule has 1 aromatic rings. The summed E-state index contributed by atoms with van der Waals surface area (Å²) in [6.07, 6.45) is 0.588. The van der Waals surface area contributed by atoms with E-state index in [9.17, 15) is 13.2 Å². The number of nitrogens with zero attached hydrogens (tertiary/aromatic N) is 1. The fourth-order valence-electron chi connectivity index (χ4n) is 1.13. The molecule has 1 nitrogen and oxygen atoms in total. The lowest BCUT2D eigenvalue weighted by atomic mass is 10.1. The minimum Gasteiger partial charge on any atom is -0.198 e. The first kappa shape index (κ1) is 11.9. The largest absolute Gasteiger partial charge is 0.446 e. The smallest absolute Gasteiger partial charge is 0.198 e. The van der Waals surface area contributed by atoms with Crippen LogP contribution in [0.1, 0.15) is 12.0 Å². The highest BCUT2D eigenvalue weighted by Crippen LogP contribution is 2.38. The van der Waals surface area contributed by atoms with Crippen molar-refractivity contribution in [2.24, 2.45) is 0 Å². The van der Waals surface area contributed by atoms with Crippen LogP contribution in [-0.4, -0.2) is 5.51 Å². The molecule has 0 saturated carbocycles. The van der Waals surface area contributed by atoms with Gasteiger partial charge >= 0.3 is 5.51 Å². The molecule has 80 valence electrons. The molecule has 0 saturated heterocycles. The first-order valence-corrected chi connectivity index (χ1v) is 5.05. The van der Waals surface area contributed by atoms with Crippen molar-refractivity contribution in [3.63, 3.8) is 0 Å². The van der Waals surface area contributed by atoms with Gasteiger partial charge in [0.2, 0.25) is 0 Å². The molecule has 1 rings (SSSR count). The number of thioether (sulfide) groups is 1. The lowest BCUT2D eigenvalue weighted by Gasteiger charge is -2.09. The molecule has 15 heavy (non-hydrogen) atoms. The normalized spacial score (nSPS) is 11.1. The molecule has 0 unspecified atom stereocenters. The molecule has 0 aliphatic carbocycles. The Hall–Kier alpha value is -1.15. The van der Waals surface area contributed by atoms with Gasteiger partial charge in [0, 0.05) is 11.3 Å². The Labute approximate surface area is 89.9 Å². The van der Waals surface area contributed by atoms with Crippen LogP contribution in [0.5, 0.6) is 0 Å². The van der Waals surface area contributed by atoms with Gasteiger partial charge in [0.1, 0.15) is 0 Å². The van der Waals surface area contributed by atoms with E-state index in [1.807, 2.05) is 6.07 Å². The van der Waals surface area contributed by atoms with E-state index in [2.05, 4.69) is 0 Å². The quantitative estimate of drug-likeness (QED) is 0.739. The van der Waals surface area contributed by atoms with Gasteiger partial charge in [-0.25, -0.2) is 0 Å². The van der Waals surface area contributed by atoms with E-state index in [1.165, 1.54) is 6.07 Å². The summed E-state index contributed by atoms with van der Waals surface area (Å²) < 4.78 is 36.4. The van der Waals surface area contributed by atoms with Crippen LogP contribution >= 0.6 is 11.8 Å². The van der Waals surface area contributed by atoms with Crippen molar-refractivity contribution in [2.75, 3.05) is 0 Å². The Morgan fingerprint density at radius 2 is 1.93 bits per heavy atom. The second kappa shape index (κ2) is 5.08. The summed E-state index contributed by atoms with van der Waals surface area (Å²) >= 11 is -0.132. The summed E-state index contributed by atoms with van der Waals surface area (Å²) in [4.78, 5) is 0.181. The fraction of sp³-hybridized carbons (Fsp3) is 0.300. The van der Waals surface area contributed by atoms with Crippen LogP contribution in [0.15, 0.2) is 29.2 Å². The first-order valence-electron chi connectivity index (χ1n) is 4.23. The zero-order chi connectivity index (χ0) is 11.3. The van der Waals surface area contributed by atoms with Crippen molar-refractivity contribution in [1.82, 2.24) is 0 Å². The Morgan fingerprint density at radius 1 is 1.27 bits per heavy atom. The SMILES string of the molecule is N#CCCc1ccccc1SC(F)(F)F.